The number of terminal acetylenes is 1. The average molecular weight is 148 g/mol. The van der Waals surface area contributed by atoms with Crippen molar-refractivity contribution in [1.29, 1.82) is 0 Å². The Morgan fingerprint density at radius 3 is 3.18 bits per heavy atom. The fourth-order valence-corrected chi connectivity index (χ4v) is 1.30. The number of rotatable bonds is 0. The van der Waals surface area contributed by atoms with Crippen LogP contribution in [-0.2, 0) is 25.0 Å². The molecule has 2 rings (SSSR count). The molecule has 0 atom stereocenters. The topological polar surface area (TPSA) is 27.1 Å². The lowest BCUT2D eigenvalue weighted by atomic mass is 10.2. The fraction of sp³-hybridized carbons (Fsp3) is 0.375. The molecule has 0 saturated heterocycles. The Labute approximate surface area is 65.0 Å². The van der Waals surface area contributed by atoms with E-state index in [1.54, 1.807) is 4.68 Å². The third kappa shape index (κ3) is 0.765. The average Bonchev–Trinajstić information content (AvgIpc) is 2.54. The standard InChI is InChI=1S/C8H8N2O/c1-3-7-6-4-11-5-8(6)10(2)9-7/h1H,4-5H2,2H3. The van der Waals surface area contributed by atoms with Gasteiger partial charge in [0.2, 0.25) is 0 Å². The number of aromatic nitrogens is 2. The Bertz CT molecular complexity index is 333. The molecule has 0 aliphatic carbocycles. The highest BCUT2D eigenvalue weighted by Gasteiger charge is 2.19. The summed E-state index contributed by atoms with van der Waals surface area (Å²) in [5.41, 5.74) is 2.91. The number of ether oxygens (including phenoxy) is 1. The minimum absolute atomic E-state index is 0.614. The van der Waals surface area contributed by atoms with Crippen LogP contribution in [0.15, 0.2) is 0 Å². The molecule has 2 heterocycles. The minimum Gasteiger partial charge on any atom is -0.370 e. The number of aryl methyl sites for hydroxylation is 1. The molecule has 1 aliphatic heterocycles. The largest absolute Gasteiger partial charge is 0.370 e. The lowest BCUT2D eigenvalue weighted by Crippen LogP contribution is -1.96. The summed E-state index contributed by atoms with van der Waals surface area (Å²) in [6, 6.07) is 0. The van der Waals surface area contributed by atoms with Crippen molar-refractivity contribution in [3.8, 4) is 12.3 Å². The highest BCUT2D eigenvalue weighted by atomic mass is 16.5. The highest BCUT2D eigenvalue weighted by Crippen LogP contribution is 2.21. The van der Waals surface area contributed by atoms with E-state index in [0.717, 1.165) is 17.0 Å². The van der Waals surface area contributed by atoms with E-state index >= 15 is 0 Å². The van der Waals surface area contributed by atoms with Crippen LogP contribution in [0.3, 0.4) is 0 Å². The van der Waals surface area contributed by atoms with Crippen LogP contribution in [0.1, 0.15) is 17.0 Å². The summed E-state index contributed by atoms with van der Waals surface area (Å²) in [5, 5.41) is 4.15. The molecule has 11 heavy (non-hydrogen) atoms. The Hall–Kier alpha value is -1.27. The van der Waals surface area contributed by atoms with Gasteiger partial charge in [-0.1, -0.05) is 0 Å². The van der Waals surface area contributed by atoms with Gasteiger partial charge in [0, 0.05) is 12.6 Å². The Morgan fingerprint density at radius 2 is 2.45 bits per heavy atom. The molecule has 0 fully saturated rings. The van der Waals surface area contributed by atoms with Gasteiger partial charge in [-0.05, 0) is 5.92 Å². The summed E-state index contributed by atoms with van der Waals surface area (Å²) in [6.07, 6.45) is 5.25. The molecule has 1 aromatic heterocycles. The molecule has 56 valence electrons. The molecule has 0 radical (unpaired) electrons. The summed E-state index contributed by atoms with van der Waals surface area (Å²) >= 11 is 0. The zero-order chi connectivity index (χ0) is 7.84. The molecule has 0 amide bonds. The van der Waals surface area contributed by atoms with Crippen molar-refractivity contribution >= 4 is 0 Å². The lowest BCUT2D eigenvalue weighted by Gasteiger charge is -1.92. The first-order valence-electron chi connectivity index (χ1n) is 3.42. The number of hydrogen-bond donors (Lipinski definition) is 0. The van der Waals surface area contributed by atoms with Gasteiger partial charge >= 0.3 is 0 Å². The van der Waals surface area contributed by atoms with Crippen molar-refractivity contribution in [2.45, 2.75) is 13.2 Å². The van der Waals surface area contributed by atoms with Crippen molar-refractivity contribution < 1.29 is 4.74 Å². The molecular weight excluding hydrogens is 140 g/mol. The van der Waals surface area contributed by atoms with E-state index in [9.17, 15) is 0 Å². The predicted octanol–water partition coefficient (Wildman–Crippen LogP) is 0.432. The smallest absolute Gasteiger partial charge is 0.140 e. The maximum absolute atomic E-state index is 5.25. The van der Waals surface area contributed by atoms with E-state index in [-0.39, 0.29) is 0 Å². The van der Waals surface area contributed by atoms with E-state index < -0.39 is 0 Å². The van der Waals surface area contributed by atoms with Crippen molar-refractivity contribution in [2.24, 2.45) is 7.05 Å². The van der Waals surface area contributed by atoms with Crippen molar-refractivity contribution in [3.05, 3.63) is 17.0 Å². The van der Waals surface area contributed by atoms with Crippen LogP contribution in [0, 0.1) is 12.3 Å². The van der Waals surface area contributed by atoms with Crippen LogP contribution in [0.25, 0.3) is 0 Å². The van der Waals surface area contributed by atoms with Gasteiger partial charge in [-0.25, -0.2) is 0 Å². The number of hydrogen-bond acceptors (Lipinski definition) is 2. The molecule has 1 aliphatic rings. The Morgan fingerprint density at radius 1 is 1.64 bits per heavy atom. The summed E-state index contributed by atoms with van der Waals surface area (Å²) in [7, 11) is 1.88. The Kier molecular flexibility index (Phi) is 1.23. The third-order valence-electron chi connectivity index (χ3n) is 1.90. The van der Waals surface area contributed by atoms with E-state index in [2.05, 4.69) is 11.0 Å². The van der Waals surface area contributed by atoms with Crippen LogP contribution >= 0.6 is 0 Å². The van der Waals surface area contributed by atoms with Crippen molar-refractivity contribution in [2.75, 3.05) is 0 Å². The summed E-state index contributed by atoms with van der Waals surface area (Å²) in [6.45, 7) is 1.25. The molecule has 1 aromatic rings. The molecule has 0 unspecified atom stereocenters. The molecule has 0 N–H and O–H groups in total. The van der Waals surface area contributed by atoms with Crippen LogP contribution in [-0.4, -0.2) is 9.78 Å². The molecule has 0 saturated carbocycles. The maximum Gasteiger partial charge on any atom is 0.140 e. The van der Waals surface area contributed by atoms with E-state index in [1.807, 2.05) is 7.05 Å². The zero-order valence-corrected chi connectivity index (χ0v) is 6.29. The van der Waals surface area contributed by atoms with Gasteiger partial charge in [0.25, 0.3) is 0 Å². The van der Waals surface area contributed by atoms with Crippen molar-refractivity contribution in [1.82, 2.24) is 9.78 Å². The van der Waals surface area contributed by atoms with Crippen LogP contribution in [0.2, 0.25) is 0 Å². The van der Waals surface area contributed by atoms with E-state index in [4.69, 9.17) is 11.2 Å². The molecular formula is C8H8N2O. The van der Waals surface area contributed by atoms with E-state index in [0.29, 0.717) is 13.2 Å². The monoisotopic (exact) mass is 148 g/mol. The van der Waals surface area contributed by atoms with Crippen LogP contribution < -0.4 is 0 Å². The lowest BCUT2D eigenvalue weighted by molar-refractivity contribution is 0.129. The van der Waals surface area contributed by atoms with Crippen molar-refractivity contribution in [3.63, 3.8) is 0 Å². The molecule has 0 bridgehead atoms. The molecule has 3 nitrogen and oxygen atoms in total. The molecule has 0 spiro atoms. The van der Waals surface area contributed by atoms with Crippen LogP contribution in [0.4, 0.5) is 0 Å². The van der Waals surface area contributed by atoms with E-state index in [1.165, 1.54) is 0 Å². The van der Waals surface area contributed by atoms with Gasteiger partial charge in [0.1, 0.15) is 5.69 Å². The first kappa shape index (κ1) is 6.44. The summed E-state index contributed by atoms with van der Waals surface area (Å²) < 4.78 is 7.01. The normalized spacial score (nSPS) is 14.5. The Balaban J connectivity index is 2.63. The SMILES string of the molecule is C#Cc1nn(C)c2c1COC2. The van der Waals surface area contributed by atoms with Gasteiger partial charge in [0.15, 0.2) is 0 Å². The first-order chi connectivity index (χ1) is 5.33. The van der Waals surface area contributed by atoms with Gasteiger partial charge in [-0.2, -0.15) is 5.10 Å². The quantitative estimate of drug-likeness (QED) is 0.499. The van der Waals surface area contributed by atoms with Gasteiger partial charge in [0.05, 0.1) is 18.9 Å². The zero-order valence-electron chi connectivity index (χ0n) is 6.29. The second-order valence-corrected chi connectivity index (χ2v) is 2.53. The fourth-order valence-electron chi connectivity index (χ4n) is 1.30. The predicted molar refractivity (Wildman–Crippen MR) is 39.6 cm³/mol. The summed E-state index contributed by atoms with van der Waals surface area (Å²) in [4.78, 5) is 0. The highest BCUT2D eigenvalue weighted by molar-refractivity contribution is 5.37. The van der Waals surface area contributed by atoms with Crippen LogP contribution in [0.5, 0.6) is 0 Å². The number of nitrogens with zero attached hydrogens (tertiary/aromatic N) is 2. The molecule has 0 aromatic carbocycles. The second kappa shape index (κ2) is 2.11. The first-order valence-corrected chi connectivity index (χ1v) is 3.42. The third-order valence-corrected chi connectivity index (χ3v) is 1.90. The second-order valence-electron chi connectivity index (χ2n) is 2.53. The van der Waals surface area contributed by atoms with Gasteiger partial charge < -0.3 is 4.74 Å². The maximum atomic E-state index is 5.25. The summed E-state index contributed by atoms with van der Waals surface area (Å²) in [5.74, 6) is 2.54. The van der Waals surface area contributed by atoms with Gasteiger partial charge in [-0.15, -0.1) is 6.42 Å². The minimum atomic E-state index is 0.614. The van der Waals surface area contributed by atoms with Gasteiger partial charge in [-0.3, -0.25) is 4.68 Å². The number of fused-ring (bicyclic) bond motifs is 1. The molecule has 3 heteroatoms.